The first kappa shape index (κ1) is 14.5. The summed E-state index contributed by atoms with van der Waals surface area (Å²) in [6.45, 7) is 6.92. The Labute approximate surface area is 111 Å². The second kappa shape index (κ2) is 5.41. The van der Waals surface area contributed by atoms with Gasteiger partial charge in [0.05, 0.1) is 0 Å². The zero-order chi connectivity index (χ0) is 13.9. The van der Waals surface area contributed by atoms with Crippen molar-refractivity contribution >= 4 is 31.0 Å². The minimum atomic E-state index is -0.652. The van der Waals surface area contributed by atoms with Crippen LogP contribution in [0.3, 0.4) is 0 Å². The SMILES string of the molecule is C/C(=N\NC(=O)OC(C)(C)C)c1[se]c(N)nc1O. The van der Waals surface area contributed by atoms with Crippen LogP contribution in [0.2, 0.25) is 0 Å². The van der Waals surface area contributed by atoms with Crippen LogP contribution in [0, 0.1) is 0 Å². The van der Waals surface area contributed by atoms with Crippen LogP contribution in [-0.2, 0) is 4.74 Å². The molecule has 4 N–H and O–H groups in total. The number of hydrogen-bond acceptors (Lipinski definition) is 6. The van der Waals surface area contributed by atoms with E-state index in [2.05, 4.69) is 15.5 Å². The maximum absolute atomic E-state index is 11.4. The summed E-state index contributed by atoms with van der Waals surface area (Å²) in [5.41, 5.74) is 7.63. The van der Waals surface area contributed by atoms with E-state index >= 15 is 0 Å². The number of anilines is 1. The summed E-state index contributed by atoms with van der Waals surface area (Å²) in [6.07, 6.45) is -0.652. The summed E-state index contributed by atoms with van der Waals surface area (Å²) in [7, 11) is 0. The van der Waals surface area contributed by atoms with Gasteiger partial charge in [-0.25, -0.2) is 0 Å². The van der Waals surface area contributed by atoms with Gasteiger partial charge in [-0.3, -0.25) is 0 Å². The van der Waals surface area contributed by atoms with Gasteiger partial charge in [0.1, 0.15) is 0 Å². The number of rotatable bonds is 2. The molecule has 0 saturated carbocycles. The molecule has 0 aliphatic carbocycles. The van der Waals surface area contributed by atoms with E-state index in [1.807, 2.05) is 0 Å². The zero-order valence-electron chi connectivity index (χ0n) is 10.6. The fraction of sp³-hybridized carbons (Fsp3) is 0.500. The van der Waals surface area contributed by atoms with Crippen molar-refractivity contribution < 1.29 is 14.6 Å². The Kier molecular flexibility index (Phi) is 4.37. The number of aromatic nitrogens is 1. The molecule has 0 bridgehead atoms. The Morgan fingerprint density at radius 3 is 2.61 bits per heavy atom. The summed E-state index contributed by atoms with van der Waals surface area (Å²) in [4.78, 5) is 15.1. The molecule has 0 aromatic carbocycles. The fourth-order valence-corrected chi connectivity index (χ4v) is 2.45. The van der Waals surface area contributed by atoms with Gasteiger partial charge in [0, 0.05) is 0 Å². The van der Waals surface area contributed by atoms with Gasteiger partial charge in [0.15, 0.2) is 0 Å². The third kappa shape index (κ3) is 4.38. The normalized spacial score (nSPS) is 12.3. The molecule has 0 atom stereocenters. The van der Waals surface area contributed by atoms with E-state index in [-0.39, 0.29) is 20.4 Å². The van der Waals surface area contributed by atoms with Gasteiger partial charge in [-0.05, 0) is 0 Å². The second-order valence-electron chi connectivity index (χ2n) is 4.52. The quantitative estimate of drug-likeness (QED) is 0.422. The van der Waals surface area contributed by atoms with Gasteiger partial charge in [0.25, 0.3) is 0 Å². The molecule has 0 aliphatic rings. The van der Waals surface area contributed by atoms with Crippen molar-refractivity contribution in [3.8, 4) is 5.88 Å². The van der Waals surface area contributed by atoms with Crippen LogP contribution in [-0.4, -0.2) is 42.0 Å². The minimum absolute atomic E-state index is 0.139. The predicted octanol–water partition coefficient (Wildman–Crippen LogP) is 0.675. The molecule has 7 nitrogen and oxygen atoms in total. The fourth-order valence-electron chi connectivity index (χ4n) is 1.05. The Hall–Kier alpha value is -1.53. The summed E-state index contributed by atoms with van der Waals surface area (Å²) in [5.74, 6) is -0.139. The van der Waals surface area contributed by atoms with Crippen LogP contribution in [0.25, 0.3) is 0 Å². The van der Waals surface area contributed by atoms with Gasteiger partial charge in [-0.15, -0.1) is 0 Å². The van der Waals surface area contributed by atoms with Gasteiger partial charge in [-0.2, -0.15) is 0 Å². The third-order valence-electron chi connectivity index (χ3n) is 1.67. The molecule has 8 heteroatoms. The number of nitrogens with one attached hydrogen (secondary N) is 1. The van der Waals surface area contributed by atoms with E-state index in [1.54, 1.807) is 27.7 Å². The molecular weight excluding hydrogens is 303 g/mol. The van der Waals surface area contributed by atoms with Crippen molar-refractivity contribution in [2.24, 2.45) is 5.10 Å². The van der Waals surface area contributed by atoms with Crippen molar-refractivity contribution in [1.82, 2.24) is 10.4 Å². The van der Waals surface area contributed by atoms with Crippen LogP contribution >= 0.6 is 0 Å². The zero-order valence-corrected chi connectivity index (χ0v) is 12.4. The summed E-state index contributed by atoms with van der Waals surface area (Å²) in [5, 5.41) is 13.3. The molecule has 100 valence electrons. The molecule has 1 heterocycles. The van der Waals surface area contributed by atoms with Crippen molar-refractivity contribution in [3.63, 3.8) is 0 Å². The van der Waals surface area contributed by atoms with Crippen LogP contribution < -0.4 is 11.2 Å². The van der Waals surface area contributed by atoms with Gasteiger partial charge in [0.2, 0.25) is 0 Å². The standard InChI is InChI=1S/C10H16N4O3Se/c1-5(6-7(15)12-8(11)18-6)13-14-9(16)17-10(2,3)4/h15H,1-4H3,(H2,11,12)(H,14,16)/b13-5+. The van der Waals surface area contributed by atoms with Crippen LogP contribution in [0.5, 0.6) is 5.88 Å². The molecule has 0 fully saturated rings. The number of nitrogen functional groups attached to an aromatic ring is 1. The monoisotopic (exact) mass is 320 g/mol. The number of nitrogens with zero attached hydrogens (tertiary/aromatic N) is 2. The Morgan fingerprint density at radius 1 is 1.56 bits per heavy atom. The van der Waals surface area contributed by atoms with Gasteiger partial charge in [-0.1, -0.05) is 0 Å². The molecular formula is C10H16N4O3Se. The van der Waals surface area contributed by atoms with Gasteiger partial charge >= 0.3 is 110 Å². The second-order valence-corrected chi connectivity index (χ2v) is 6.68. The predicted molar refractivity (Wildman–Crippen MR) is 68.8 cm³/mol. The Morgan fingerprint density at radius 2 is 2.17 bits per heavy atom. The molecule has 0 unspecified atom stereocenters. The van der Waals surface area contributed by atoms with E-state index in [0.717, 1.165) is 0 Å². The van der Waals surface area contributed by atoms with Crippen LogP contribution in [0.1, 0.15) is 32.1 Å². The van der Waals surface area contributed by atoms with E-state index in [0.29, 0.717) is 14.8 Å². The molecule has 1 rings (SSSR count). The summed E-state index contributed by atoms with van der Waals surface area (Å²) in [6, 6.07) is 0. The van der Waals surface area contributed by atoms with E-state index in [9.17, 15) is 9.90 Å². The molecule has 0 spiro atoms. The first-order chi connectivity index (χ1) is 8.19. The molecule has 0 saturated heterocycles. The van der Waals surface area contributed by atoms with Crippen molar-refractivity contribution in [3.05, 3.63) is 4.44 Å². The van der Waals surface area contributed by atoms with E-state index in [4.69, 9.17) is 10.5 Å². The average Bonchev–Trinajstić information content (AvgIpc) is 2.52. The molecule has 1 aromatic heterocycles. The van der Waals surface area contributed by atoms with Crippen LogP contribution in [0.4, 0.5) is 9.49 Å². The Balaban J connectivity index is 2.68. The first-order valence-corrected chi connectivity index (χ1v) is 6.89. The average molecular weight is 319 g/mol. The van der Waals surface area contributed by atoms with E-state index < -0.39 is 11.7 Å². The van der Waals surface area contributed by atoms with Crippen molar-refractivity contribution in [1.29, 1.82) is 0 Å². The Bertz CT molecular complexity index is 476. The van der Waals surface area contributed by atoms with E-state index in [1.165, 1.54) is 0 Å². The molecule has 0 radical (unpaired) electrons. The molecule has 0 aliphatic heterocycles. The van der Waals surface area contributed by atoms with Crippen molar-refractivity contribution in [2.45, 2.75) is 33.3 Å². The first-order valence-electron chi connectivity index (χ1n) is 5.18. The number of aromatic hydroxyl groups is 1. The number of nitrogens with two attached hydrogens (primary N) is 1. The number of hydrogen-bond donors (Lipinski definition) is 3. The topological polar surface area (TPSA) is 110 Å². The summed E-state index contributed by atoms with van der Waals surface area (Å²) < 4.78 is 5.94. The number of carbonyl (C=O) groups excluding carboxylic acids is 1. The third-order valence-corrected chi connectivity index (χ3v) is 3.73. The molecule has 18 heavy (non-hydrogen) atoms. The van der Waals surface area contributed by atoms with Crippen LogP contribution in [0.15, 0.2) is 5.10 Å². The number of carbonyl (C=O) groups is 1. The summed E-state index contributed by atoms with van der Waals surface area (Å²) >= 11 is -0.257. The van der Waals surface area contributed by atoms with Crippen molar-refractivity contribution in [2.75, 3.05) is 5.73 Å². The van der Waals surface area contributed by atoms with Gasteiger partial charge < -0.3 is 0 Å². The molecule has 1 amide bonds. The number of ether oxygens (including phenoxy) is 1. The number of amides is 1. The molecule has 1 aromatic rings. The number of hydrazone groups is 1. The maximum atomic E-state index is 11.4.